The fourth-order valence-corrected chi connectivity index (χ4v) is 6.74. The average Bonchev–Trinajstić information content (AvgIpc) is 3.40. The van der Waals surface area contributed by atoms with Gasteiger partial charge in [-0.05, 0) is 75.3 Å². The van der Waals surface area contributed by atoms with Crippen LogP contribution in [0.4, 0.5) is 0 Å². The van der Waals surface area contributed by atoms with Crippen LogP contribution < -0.4 is 0 Å². The maximum Gasteiger partial charge on any atom is 0.309 e. The van der Waals surface area contributed by atoms with Crippen molar-refractivity contribution in [2.45, 2.75) is 106 Å². The first-order chi connectivity index (χ1) is 18.9. The molecule has 0 aromatic carbocycles. The zero-order chi connectivity index (χ0) is 29.8. The summed E-state index contributed by atoms with van der Waals surface area (Å²) in [7, 11) is 0. The molecule has 0 aromatic rings. The molecule has 5 aliphatic rings. The minimum Gasteiger partial charge on any atom is -0.461 e. The molecule has 2 heterocycles. The lowest BCUT2D eigenvalue weighted by Crippen LogP contribution is -2.39. The third-order valence-electron chi connectivity index (χ3n) is 8.92. The van der Waals surface area contributed by atoms with Gasteiger partial charge in [-0.25, -0.2) is 0 Å². The molecule has 0 spiro atoms. The van der Waals surface area contributed by atoms with Crippen molar-refractivity contribution in [3.05, 3.63) is 58.7 Å². The Hall–Kier alpha value is -2.73. The number of hydrogen-bond acceptors (Lipinski definition) is 6. The van der Waals surface area contributed by atoms with Crippen LogP contribution in [0, 0.1) is 23.2 Å². The number of carbonyl (C=O) groups excluding carboxylic acids is 3. The van der Waals surface area contributed by atoms with Crippen LogP contribution >= 0.6 is 0 Å². The van der Waals surface area contributed by atoms with Gasteiger partial charge in [-0.2, -0.15) is 0 Å². The second-order valence-electron chi connectivity index (χ2n) is 11.9. The molecule has 0 amide bonds. The largest absolute Gasteiger partial charge is 0.461 e. The highest BCUT2D eigenvalue weighted by atomic mass is 16.6. The molecule has 1 saturated carbocycles. The Morgan fingerprint density at radius 3 is 2.52 bits per heavy atom. The SMILES string of the molecule is C=C1COC2C3=C(C)C(=O)C=CC3(C)CCC12.CC.CC(=O)O[C@@H]1/C=C(/C)CC/C=C(/C)C[C@@H]2OC(=O)C(C)[C@H]21. The summed E-state index contributed by atoms with van der Waals surface area (Å²) >= 11 is 0. The lowest BCUT2D eigenvalue weighted by atomic mass is 9.62. The van der Waals surface area contributed by atoms with Gasteiger partial charge in [-0.3, -0.25) is 14.4 Å². The van der Waals surface area contributed by atoms with E-state index in [0.717, 1.165) is 31.3 Å². The molecule has 2 saturated heterocycles. The van der Waals surface area contributed by atoms with E-state index >= 15 is 0 Å². The molecule has 0 radical (unpaired) electrons. The highest BCUT2D eigenvalue weighted by Gasteiger charge is 2.48. The molecule has 7 atom stereocenters. The maximum absolute atomic E-state index is 12.0. The molecule has 0 N–H and O–H groups in total. The molecular weight excluding hydrogens is 504 g/mol. The molecular formula is C34H48O6. The van der Waals surface area contributed by atoms with E-state index in [1.165, 1.54) is 29.2 Å². The quantitative estimate of drug-likeness (QED) is 0.257. The Balaban J connectivity index is 0.000000211. The molecule has 0 bridgehead atoms. The molecule has 0 aromatic heterocycles. The Kier molecular flexibility index (Phi) is 10.6. The lowest BCUT2D eigenvalue weighted by Gasteiger charge is -2.43. The minimum absolute atomic E-state index is 0.0176. The van der Waals surface area contributed by atoms with Crippen LogP contribution in [-0.2, 0) is 28.6 Å². The van der Waals surface area contributed by atoms with Gasteiger partial charge >= 0.3 is 11.9 Å². The van der Waals surface area contributed by atoms with E-state index in [1.54, 1.807) is 6.08 Å². The standard InChI is InChI=1S/C17H24O4.C15H18O2.C2H6/c1-10-6-5-7-11(2)9-15-16(12(3)17(19)21-15)14(8-10)20-13(4)18;1-9-8-17-14-11(9)4-6-15(3)7-5-12(16)10(2)13(14)15;1-2/h7-8,12,14-16H,5-6,9H2,1-4H3;5,7,11,14H,1,4,6,8H2,2-3H3;1-2H3/b10-8-,11-7-;;/t12?,14-,15+,16+;;/m1../s1. The lowest BCUT2D eigenvalue weighted by molar-refractivity contribution is -0.147. The van der Waals surface area contributed by atoms with Crippen LogP contribution in [0.2, 0.25) is 0 Å². The summed E-state index contributed by atoms with van der Waals surface area (Å²) in [4.78, 5) is 35.2. The number of hydrogen-bond donors (Lipinski definition) is 0. The predicted molar refractivity (Wildman–Crippen MR) is 157 cm³/mol. The van der Waals surface area contributed by atoms with Crippen LogP contribution in [0.5, 0.6) is 0 Å². The summed E-state index contributed by atoms with van der Waals surface area (Å²) in [6, 6.07) is 0. The van der Waals surface area contributed by atoms with Crippen molar-refractivity contribution in [1.29, 1.82) is 0 Å². The van der Waals surface area contributed by atoms with Crippen molar-refractivity contribution in [2.24, 2.45) is 23.2 Å². The third kappa shape index (κ3) is 6.76. The molecule has 3 fully saturated rings. The van der Waals surface area contributed by atoms with Crippen molar-refractivity contribution in [1.82, 2.24) is 0 Å². The molecule has 220 valence electrons. The maximum atomic E-state index is 12.0. The van der Waals surface area contributed by atoms with Gasteiger partial charge in [0, 0.05) is 24.7 Å². The second kappa shape index (κ2) is 13.3. The van der Waals surface area contributed by atoms with Crippen LogP contribution in [0.3, 0.4) is 0 Å². The van der Waals surface area contributed by atoms with E-state index in [0.29, 0.717) is 18.9 Å². The van der Waals surface area contributed by atoms with Crippen molar-refractivity contribution in [2.75, 3.05) is 6.61 Å². The van der Waals surface area contributed by atoms with E-state index in [4.69, 9.17) is 14.2 Å². The van der Waals surface area contributed by atoms with Gasteiger partial charge in [-0.1, -0.05) is 57.6 Å². The van der Waals surface area contributed by atoms with Crippen LogP contribution in [0.15, 0.2) is 58.7 Å². The zero-order valence-electron chi connectivity index (χ0n) is 25.7. The summed E-state index contributed by atoms with van der Waals surface area (Å²) in [5.41, 5.74) is 5.71. The Morgan fingerprint density at radius 1 is 1.15 bits per heavy atom. The number of rotatable bonds is 1. The molecule has 3 aliphatic carbocycles. The van der Waals surface area contributed by atoms with Gasteiger partial charge in [0.1, 0.15) is 12.2 Å². The highest BCUT2D eigenvalue weighted by molar-refractivity contribution is 6.05. The molecule has 6 heteroatoms. The first-order valence-electron chi connectivity index (χ1n) is 14.9. The number of allylic oxidation sites excluding steroid dienone is 5. The van der Waals surface area contributed by atoms with Gasteiger partial charge in [0.25, 0.3) is 0 Å². The van der Waals surface area contributed by atoms with E-state index in [2.05, 4.69) is 32.6 Å². The summed E-state index contributed by atoms with van der Waals surface area (Å²) in [6.45, 7) is 20.3. The van der Waals surface area contributed by atoms with Crippen LogP contribution in [0.25, 0.3) is 0 Å². The van der Waals surface area contributed by atoms with E-state index in [1.807, 2.05) is 40.7 Å². The van der Waals surface area contributed by atoms with Gasteiger partial charge < -0.3 is 14.2 Å². The number of ether oxygens (including phenoxy) is 3. The van der Waals surface area contributed by atoms with Crippen LogP contribution in [0.1, 0.15) is 87.5 Å². The van der Waals surface area contributed by atoms with Gasteiger partial charge in [0.15, 0.2) is 5.78 Å². The van der Waals surface area contributed by atoms with E-state index < -0.39 is 0 Å². The Bertz CT molecular complexity index is 1140. The number of ketones is 1. The highest BCUT2D eigenvalue weighted by Crippen LogP contribution is 2.52. The summed E-state index contributed by atoms with van der Waals surface area (Å²) in [6.07, 6.45) is 12.3. The molecule has 6 nitrogen and oxygen atoms in total. The topological polar surface area (TPSA) is 78.9 Å². The minimum atomic E-state index is -0.389. The Labute approximate surface area is 240 Å². The first kappa shape index (κ1) is 31.8. The zero-order valence-corrected chi connectivity index (χ0v) is 25.7. The average molecular weight is 553 g/mol. The monoisotopic (exact) mass is 552 g/mol. The first-order valence-corrected chi connectivity index (χ1v) is 14.9. The second-order valence-corrected chi connectivity index (χ2v) is 11.9. The smallest absolute Gasteiger partial charge is 0.309 e. The summed E-state index contributed by atoms with van der Waals surface area (Å²) < 4.78 is 16.9. The van der Waals surface area contributed by atoms with Crippen molar-refractivity contribution >= 4 is 17.7 Å². The van der Waals surface area contributed by atoms with E-state index in [9.17, 15) is 14.4 Å². The number of esters is 2. The predicted octanol–water partition coefficient (Wildman–Crippen LogP) is 7.01. The third-order valence-corrected chi connectivity index (χ3v) is 8.92. The van der Waals surface area contributed by atoms with Crippen molar-refractivity contribution < 1.29 is 28.6 Å². The molecule has 2 aliphatic heterocycles. The fraction of sp³-hybridized carbons (Fsp3) is 0.618. The van der Waals surface area contributed by atoms with E-state index in [-0.39, 0.29) is 53.3 Å². The molecule has 4 unspecified atom stereocenters. The number of fused-ring (bicyclic) bond motifs is 4. The molecule has 5 rings (SSSR count). The normalized spacial score (nSPS) is 37.5. The van der Waals surface area contributed by atoms with Crippen LogP contribution in [-0.4, -0.2) is 42.6 Å². The summed E-state index contributed by atoms with van der Waals surface area (Å²) in [5.74, 6) is -0.320. The summed E-state index contributed by atoms with van der Waals surface area (Å²) in [5, 5.41) is 0. The molecule has 40 heavy (non-hydrogen) atoms. The fourth-order valence-electron chi connectivity index (χ4n) is 6.74. The van der Waals surface area contributed by atoms with Gasteiger partial charge in [-0.15, -0.1) is 0 Å². The number of carbonyl (C=O) groups is 3. The van der Waals surface area contributed by atoms with Gasteiger partial charge in [0.2, 0.25) is 0 Å². The van der Waals surface area contributed by atoms with Gasteiger partial charge in [0.05, 0.1) is 24.5 Å². The van der Waals surface area contributed by atoms with Crippen molar-refractivity contribution in [3.8, 4) is 0 Å². The Morgan fingerprint density at radius 2 is 1.85 bits per heavy atom. The van der Waals surface area contributed by atoms with Crippen molar-refractivity contribution in [3.63, 3.8) is 0 Å².